The second-order valence-electron chi connectivity index (χ2n) is 5.04. The van der Waals surface area contributed by atoms with Crippen LogP contribution in [-0.4, -0.2) is 41.2 Å². The van der Waals surface area contributed by atoms with Gasteiger partial charge in [0.1, 0.15) is 5.82 Å². The molecule has 1 heterocycles. The predicted octanol–water partition coefficient (Wildman–Crippen LogP) is 1.60. The molecule has 7 heteroatoms. The van der Waals surface area contributed by atoms with Crippen molar-refractivity contribution >= 4 is 23.0 Å². The number of nitrogens with zero attached hydrogens (tertiary/aromatic N) is 2. The SMILES string of the molecule is CCOC(=O)CCNC(=O)NCCn1c(C)nc2ccccc21. The first-order valence-corrected chi connectivity index (χ1v) is 7.71. The van der Waals surface area contributed by atoms with Crippen LogP contribution in [0.1, 0.15) is 19.2 Å². The average Bonchev–Trinajstić information content (AvgIpc) is 2.83. The highest BCUT2D eigenvalue weighted by molar-refractivity contribution is 5.76. The fourth-order valence-corrected chi connectivity index (χ4v) is 2.33. The van der Waals surface area contributed by atoms with Crippen molar-refractivity contribution in [1.29, 1.82) is 0 Å². The van der Waals surface area contributed by atoms with E-state index >= 15 is 0 Å². The van der Waals surface area contributed by atoms with Crippen LogP contribution in [0, 0.1) is 6.92 Å². The zero-order chi connectivity index (χ0) is 16.7. The van der Waals surface area contributed by atoms with Gasteiger partial charge in [-0.05, 0) is 26.0 Å². The number of rotatable bonds is 7. The zero-order valence-corrected chi connectivity index (χ0v) is 13.5. The van der Waals surface area contributed by atoms with E-state index < -0.39 is 0 Å². The summed E-state index contributed by atoms with van der Waals surface area (Å²) >= 11 is 0. The molecule has 0 aliphatic heterocycles. The lowest BCUT2D eigenvalue weighted by Crippen LogP contribution is -2.38. The van der Waals surface area contributed by atoms with Gasteiger partial charge in [0.25, 0.3) is 0 Å². The second-order valence-corrected chi connectivity index (χ2v) is 5.04. The lowest BCUT2D eigenvalue weighted by Gasteiger charge is -2.09. The van der Waals surface area contributed by atoms with Crippen LogP contribution in [0.25, 0.3) is 11.0 Å². The van der Waals surface area contributed by atoms with Crippen molar-refractivity contribution in [2.24, 2.45) is 0 Å². The van der Waals surface area contributed by atoms with Crippen LogP contribution in [0.15, 0.2) is 24.3 Å². The van der Waals surface area contributed by atoms with Crippen LogP contribution in [0.4, 0.5) is 4.79 Å². The summed E-state index contributed by atoms with van der Waals surface area (Å²) in [6, 6.07) is 7.60. The predicted molar refractivity (Wildman–Crippen MR) is 87.1 cm³/mol. The van der Waals surface area contributed by atoms with Gasteiger partial charge in [-0.1, -0.05) is 12.1 Å². The van der Waals surface area contributed by atoms with Crippen LogP contribution < -0.4 is 10.6 Å². The summed E-state index contributed by atoms with van der Waals surface area (Å²) in [5, 5.41) is 5.40. The molecule has 2 N–H and O–H groups in total. The Morgan fingerprint density at radius 3 is 2.74 bits per heavy atom. The van der Waals surface area contributed by atoms with Crippen molar-refractivity contribution in [3.63, 3.8) is 0 Å². The summed E-state index contributed by atoms with van der Waals surface area (Å²) in [6.07, 6.45) is 0.173. The maximum absolute atomic E-state index is 11.7. The Hall–Kier alpha value is -2.57. The van der Waals surface area contributed by atoms with Crippen molar-refractivity contribution in [2.45, 2.75) is 26.8 Å². The Bertz CT molecular complexity index is 681. The number of imidazole rings is 1. The molecule has 1 aromatic carbocycles. The number of aromatic nitrogens is 2. The van der Waals surface area contributed by atoms with E-state index in [1.807, 2.05) is 31.2 Å². The van der Waals surface area contributed by atoms with E-state index in [4.69, 9.17) is 4.74 Å². The molecule has 124 valence electrons. The summed E-state index contributed by atoms with van der Waals surface area (Å²) in [5.74, 6) is 0.601. The number of hydrogen-bond donors (Lipinski definition) is 2. The number of esters is 1. The average molecular weight is 318 g/mol. The Kier molecular flexibility index (Phi) is 5.96. The van der Waals surface area contributed by atoms with Gasteiger partial charge in [-0.15, -0.1) is 0 Å². The third-order valence-corrected chi connectivity index (χ3v) is 3.39. The third-order valence-electron chi connectivity index (χ3n) is 3.39. The molecular weight excluding hydrogens is 296 g/mol. The van der Waals surface area contributed by atoms with Crippen molar-refractivity contribution in [1.82, 2.24) is 20.2 Å². The first-order valence-electron chi connectivity index (χ1n) is 7.71. The van der Waals surface area contributed by atoms with Gasteiger partial charge < -0.3 is 19.9 Å². The number of aryl methyl sites for hydroxylation is 1. The maximum atomic E-state index is 11.7. The molecule has 0 aliphatic carbocycles. The van der Waals surface area contributed by atoms with E-state index in [0.29, 0.717) is 19.7 Å². The molecule has 2 rings (SSSR count). The van der Waals surface area contributed by atoms with E-state index in [1.165, 1.54) is 0 Å². The first-order chi connectivity index (χ1) is 11.1. The molecular formula is C16H22N4O3. The van der Waals surface area contributed by atoms with E-state index in [9.17, 15) is 9.59 Å². The number of urea groups is 1. The fraction of sp³-hybridized carbons (Fsp3) is 0.438. The van der Waals surface area contributed by atoms with Gasteiger partial charge in [-0.3, -0.25) is 4.79 Å². The number of fused-ring (bicyclic) bond motifs is 1. The number of nitrogens with one attached hydrogen (secondary N) is 2. The lowest BCUT2D eigenvalue weighted by atomic mass is 10.3. The molecule has 0 saturated carbocycles. The number of hydrogen-bond acceptors (Lipinski definition) is 4. The smallest absolute Gasteiger partial charge is 0.314 e. The Morgan fingerprint density at radius 2 is 1.96 bits per heavy atom. The maximum Gasteiger partial charge on any atom is 0.314 e. The summed E-state index contributed by atoms with van der Waals surface area (Å²) in [5.41, 5.74) is 2.00. The molecule has 2 aromatic rings. The van der Waals surface area contributed by atoms with Crippen LogP contribution in [0.2, 0.25) is 0 Å². The van der Waals surface area contributed by atoms with E-state index in [-0.39, 0.29) is 25.0 Å². The minimum Gasteiger partial charge on any atom is -0.466 e. The molecule has 23 heavy (non-hydrogen) atoms. The molecule has 2 amide bonds. The first kappa shape index (κ1) is 16.8. The van der Waals surface area contributed by atoms with Gasteiger partial charge in [0.15, 0.2) is 0 Å². The van der Waals surface area contributed by atoms with Gasteiger partial charge in [-0.25, -0.2) is 9.78 Å². The van der Waals surface area contributed by atoms with Crippen molar-refractivity contribution in [3.8, 4) is 0 Å². The van der Waals surface area contributed by atoms with E-state index in [1.54, 1.807) is 6.92 Å². The highest BCUT2D eigenvalue weighted by atomic mass is 16.5. The number of para-hydroxylation sites is 2. The third kappa shape index (κ3) is 4.70. The van der Waals surface area contributed by atoms with Crippen LogP contribution >= 0.6 is 0 Å². The summed E-state index contributed by atoms with van der Waals surface area (Å²) in [4.78, 5) is 27.3. The van der Waals surface area contributed by atoms with Crippen LogP contribution in [0.3, 0.4) is 0 Å². The molecule has 7 nitrogen and oxygen atoms in total. The number of carbonyl (C=O) groups is 2. The molecule has 1 aromatic heterocycles. The van der Waals surface area contributed by atoms with Crippen molar-refractivity contribution in [3.05, 3.63) is 30.1 Å². The fourth-order valence-electron chi connectivity index (χ4n) is 2.33. The van der Waals surface area contributed by atoms with Gasteiger partial charge >= 0.3 is 12.0 Å². The van der Waals surface area contributed by atoms with Gasteiger partial charge in [0.05, 0.1) is 24.1 Å². The molecule has 0 aliphatic rings. The minimum atomic E-state index is -0.312. The lowest BCUT2D eigenvalue weighted by molar-refractivity contribution is -0.142. The molecule has 0 atom stereocenters. The second kappa shape index (κ2) is 8.17. The van der Waals surface area contributed by atoms with Crippen molar-refractivity contribution < 1.29 is 14.3 Å². The largest absolute Gasteiger partial charge is 0.466 e. The summed E-state index contributed by atoms with van der Waals surface area (Å²) in [7, 11) is 0. The summed E-state index contributed by atoms with van der Waals surface area (Å²) in [6.45, 7) is 5.42. The van der Waals surface area contributed by atoms with Gasteiger partial charge in [-0.2, -0.15) is 0 Å². The monoisotopic (exact) mass is 318 g/mol. The highest BCUT2D eigenvalue weighted by Crippen LogP contribution is 2.14. The summed E-state index contributed by atoms with van der Waals surface area (Å²) < 4.78 is 6.85. The topological polar surface area (TPSA) is 85.2 Å². The van der Waals surface area contributed by atoms with Crippen molar-refractivity contribution in [2.75, 3.05) is 19.7 Å². The van der Waals surface area contributed by atoms with Crippen LogP contribution in [0.5, 0.6) is 0 Å². The van der Waals surface area contributed by atoms with Gasteiger partial charge in [0.2, 0.25) is 0 Å². The highest BCUT2D eigenvalue weighted by Gasteiger charge is 2.07. The number of ether oxygens (including phenoxy) is 1. The number of benzene rings is 1. The Labute approximate surface area is 135 Å². The number of carbonyl (C=O) groups excluding carboxylic acids is 2. The quantitative estimate of drug-likeness (QED) is 0.759. The molecule has 0 bridgehead atoms. The molecule has 0 saturated heterocycles. The van der Waals surface area contributed by atoms with Gasteiger partial charge in [0, 0.05) is 19.6 Å². The zero-order valence-electron chi connectivity index (χ0n) is 13.5. The molecule has 0 fully saturated rings. The van der Waals surface area contributed by atoms with E-state index in [0.717, 1.165) is 16.9 Å². The molecule has 0 radical (unpaired) electrons. The standard InChI is InChI=1S/C16H22N4O3/c1-3-23-15(21)8-9-17-16(22)18-10-11-20-12(2)19-13-6-4-5-7-14(13)20/h4-7H,3,8-11H2,1-2H3,(H2,17,18,22). The minimum absolute atomic E-state index is 0.173. The molecule has 0 spiro atoms. The normalized spacial score (nSPS) is 10.5. The Morgan fingerprint density at radius 1 is 1.22 bits per heavy atom. The Balaban J connectivity index is 1.75. The van der Waals surface area contributed by atoms with E-state index in [2.05, 4.69) is 20.2 Å². The van der Waals surface area contributed by atoms with Crippen LogP contribution in [-0.2, 0) is 16.1 Å². The number of amides is 2. The molecule has 0 unspecified atom stereocenters.